The van der Waals surface area contributed by atoms with Crippen LogP contribution < -0.4 is 5.73 Å². The minimum atomic E-state index is 0.258. The third-order valence-electron chi connectivity index (χ3n) is 3.16. The van der Waals surface area contributed by atoms with Crippen molar-refractivity contribution < 1.29 is 5.11 Å². The largest absolute Gasteiger partial charge is 0.396 e. The summed E-state index contributed by atoms with van der Waals surface area (Å²) in [6.45, 7) is 2.84. The van der Waals surface area contributed by atoms with E-state index in [2.05, 4.69) is 11.0 Å². The van der Waals surface area contributed by atoms with E-state index < -0.39 is 0 Å². The molecule has 2 atom stereocenters. The molecule has 1 aliphatic rings. The van der Waals surface area contributed by atoms with Crippen molar-refractivity contribution in [2.24, 2.45) is 11.7 Å². The van der Waals surface area contributed by atoms with E-state index in [1.54, 1.807) is 11.3 Å². The van der Waals surface area contributed by atoms with E-state index in [1.807, 2.05) is 6.07 Å². The number of thiophene rings is 1. The molecule has 1 saturated heterocycles. The topological polar surface area (TPSA) is 49.5 Å². The third-order valence-corrected chi connectivity index (χ3v) is 4.49. The van der Waals surface area contributed by atoms with Crippen molar-refractivity contribution in [3.63, 3.8) is 0 Å². The van der Waals surface area contributed by atoms with Crippen LogP contribution in [0, 0.1) is 5.92 Å². The van der Waals surface area contributed by atoms with Crippen LogP contribution in [-0.2, 0) is 0 Å². The van der Waals surface area contributed by atoms with E-state index in [0.717, 1.165) is 23.8 Å². The summed E-state index contributed by atoms with van der Waals surface area (Å²) < 4.78 is 0.811. The molecule has 1 fully saturated rings. The summed E-state index contributed by atoms with van der Waals surface area (Å²) >= 11 is 7.54. The molecule has 3 N–H and O–H groups in total. The monoisotopic (exact) mass is 260 g/mol. The number of aliphatic hydroxyl groups excluding tert-OH is 1. The zero-order chi connectivity index (χ0) is 11.5. The number of rotatable bonds is 4. The molecule has 90 valence electrons. The highest BCUT2D eigenvalue weighted by Crippen LogP contribution is 2.32. The van der Waals surface area contributed by atoms with E-state index in [9.17, 15) is 0 Å². The first-order chi connectivity index (χ1) is 7.74. The lowest BCUT2D eigenvalue weighted by Crippen LogP contribution is -2.31. The molecule has 1 aromatic rings. The number of nitrogens with zero attached hydrogens (tertiary/aromatic N) is 1. The molecule has 5 heteroatoms. The summed E-state index contributed by atoms with van der Waals surface area (Å²) in [6, 6.07) is 4.23. The molecular formula is C11H17ClN2OS. The van der Waals surface area contributed by atoms with Crippen LogP contribution >= 0.6 is 22.9 Å². The number of halogens is 1. The maximum Gasteiger partial charge on any atom is 0.0931 e. The SMILES string of the molecule is NCC(c1ccc(Cl)s1)N1CCC(CO)C1. The first-order valence-corrected chi connectivity index (χ1v) is 6.74. The van der Waals surface area contributed by atoms with Gasteiger partial charge in [-0.3, -0.25) is 4.90 Å². The first kappa shape index (κ1) is 12.3. The molecular weight excluding hydrogens is 244 g/mol. The maximum atomic E-state index is 9.14. The lowest BCUT2D eigenvalue weighted by atomic mass is 10.1. The Morgan fingerprint density at radius 2 is 2.44 bits per heavy atom. The summed E-state index contributed by atoms with van der Waals surface area (Å²) in [6.07, 6.45) is 1.06. The Balaban J connectivity index is 2.06. The number of nitrogens with two attached hydrogens (primary N) is 1. The second kappa shape index (κ2) is 5.47. The van der Waals surface area contributed by atoms with Gasteiger partial charge in [0.2, 0.25) is 0 Å². The molecule has 1 aromatic heterocycles. The van der Waals surface area contributed by atoms with Crippen molar-refractivity contribution in [2.45, 2.75) is 12.5 Å². The smallest absolute Gasteiger partial charge is 0.0931 e. The van der Waals surface area contributed by atoms with Crippen molar-refractivity contribution in [1.82, 2.24) is 4.90 Å². The van der Waals surface area contributed by atoms with E-state index in [4.69, 9.17) is 22.4 Å². The lowest BCUT2D eigenvalue weighted by molar-refractivity contribution is 0.202. The number of likely N-dealkylation sites (tertiary alicyclic amines) is 1. The highest BCUT2D eigenvalue weighted by atomic mass is 35.5. The predicted octanol–water partition coefficient (Wildman–Crippen LogP) is 1.72. The van der Waals surface area contributed by atoms with E-state index in [-0.39, 0.29) is 12.6 Å². The van der Waals surface area contributed by atoms with Crippen LogP contribution in [0.4, 0.5) is 0 Å². The van der Waals surface area contributed by atoms with Crippen molar-refractivity contribution in [3.8, 4) is 0 Å². The Morgan fingerprint density at radius 1 is 1.62 bits per heavy atom. The van der Waals surface area contributed by atoms with Gasteiger partial charge in [0.05, 0.1) is 10.4 Å². The second-order valence-electron chi connectivity index (χ2n) is 4.23. The normalized spacial score (nSPS) is 23.8. The fraction of sp³-hybridized carbons (Fsp3) is 0.636. The van der Waals surface area contributed by atoms with Gasteiger partial charge in [-0.15, -0.1) is 11.3 Å². The maximum absolute atomic E-state index is 9.14. The molecule has 1 aliphatic heterocycles. The molecule has 2 heterocycles. The fourth-order valence-corrected chi connectivity index (χ4v) is 3.46. The van der Waals surface area contributed by atoms with Gasteiger partial charge < -0.3 is 10.8 Å². The van der Waals surface area contributed by atoms with E-state index >= 15 is 0 Å². The van der Waals surface area contributed by atoms with Crippen LogP contribution in [0.1, 0.15) is 17.3 Å². The summed E-state index contributed by atoms with van der Waals surface area (Å²) in [5, 5.41) is 9.14. The Morgan fingerprint density at radius 3 is 2.94 bits per heavy atom. The average Bonchev–Trinajstić information content (AvgIpc) is 2.89. The zero-order valence-corrected chi connectivity index (χ0v) is 10.7. The molecule has 0 aliphatic carbocycles. The van der Waals surface area contributed by atoms with Gasteiger partial charge in [-0.2, -0.15) is 0 Å². The van der Waals surface area contributed by atoms with Gasteiger partial charge in [0.15, 0.2) is 0 Å². The van der Waals surface area contributed by atoms with Gasteiger partial charge in [0.25, 0.3) is 0 Å². The number of aliphatic hydroxyl groups is 1. The Labute approximate surface area is 105 Å². The fourth-order valence-electron chi connectivity index (χ4n) is 2.25. The number of hydrogen-bond donors (Lipinski definition) is 2. The number of hydrogen-bond acceptors (Lipinski definition) is 4. The lowest BCUT2D eigenvalue weighted by Gasteiger charge is -2.25. The van der Waals surface area contributed by atoms with Crippen molar-refractivity contribution in [2.75, 3.05) is 26.2 Å². The van der Waals surface area contributed by atoms with Gasteiger partial charge in [-0.25, -0.2) is 0 Å². The molecule has 0 amide bonds. The van der Waals surface area contributed by atoms with Gasteiger partial charge in [-0.1, -0.05) is 11.6 Å². The van der Waals surface area contributed by atoms with Crippen LogP contribution in [0.25, 0.3) is 0 Å². The van der Waals surface area contributed by atoms with E-state index in [1.165, 1.54) is 4.88 Å². The third kappa shape index (κ3) is 2.57. The molecule has 2 unspecified atom stereocenters. The second-order valence-corrected chi connectivity index (χ2v) is 5.97. The Kier molecular flexibility index (Phi) is 4.21. The van der Waals surface area contributed by atoms with Crippen LogP contribution in [0.15, 0.2) is 12.1 Å². The molecule has 0 spiro atoms. The average molecular weight is 261 g/mol. The quantitative estimate of drug-likeness (QED) is 0.867. The van der Waals surface area contributed by atoms with Crippen molar-refractivity contribution >= 4 is 22.9 Å². The van der Waals surface area contributed by atoms with Crippen molar-refractivity contribution in [3.05, 3.63) is 21.3 Å². The standard InChI is InChI=1S/C11H17ClN2OS/c12-11-2-1-10(16-11)9(5-13)14-4-3-8(6-14)7-15/h1-2,8-9,15H,3-7,13H2. The van der Waals surface area contributed by atoms with Crippen LogP contribution in [0.2, 0.25) is 4.34 Å². The summed E-state index contributed by atoms with van der Waals surface area (Å²) in [5.41, 5.74) is 5.84. The highest BCUT2D eigenvalue weighted by Gasteiger charge is 2.28. The van der Waals surface area contributed by atoms with Gasteiger partial charge in [0.1, 0.15) is 0 Å². The molecule has 0 saturated carbocycles. The van der Waals surface area contributed by atoms with Crippen LogP contribution in [-0.4, -0.2) is 36.2 Å². The van der Waals surface area contributed by atoms with Crippen LogP contribution in [0.5, 0.6) is 0 Å². The van der Waals surface area contributed by atoms with Crippen LogP contribution in [0.3, 0.4) is 0 Å². The van der Waals surface area contributed by atoms with Gasteiger partial charge in [-0.05, 0) is 31.0 Å². The molecule has 0 aromatic carbocycles. The zero-order valence-electron chi connectivity index (χ0n) is 9.10. The summed E-state index contributed by atoms with van der Waals surface area (Å²) in [5.74, 6) is 0.407. The molecule has 0 radical (unpaired) electrons. The minimum Gasteiger partial charge on any atom is -0.396 e. The molecule has 0 bridgehead atoms. The highest BCUT2D eigenvalue weighted by molar-refractivity contribution is 7.16. The Hall–Kier alpha value is -0.130. The van der Waals surface area contributed by atoms with Gasteiger partial charge >= 0.3 is 0 Å². The Bertz CT molecular complexity index is 344. The summed E-state index contributed by atoms with van der Waals surface area (Å²) in [4.78, 5) is 3.58. The minimum absolute atomic E-state index is 0.258. The predicted molar refractivity (Wildman–Crippen MR) is 67.9 cm³/mol. The summed E-state index contributed by atoms with van der Waals surface area (Å²) in [7, 11) is 0. The van der Waals surface area contributed by atoms with E-state index in [0.29, 0.717) is 12.5 Å². The molecule has 2 rings (SSSR count). The first-order valence-electron chi connectivity index (χ1n) is 5.54. The molecule has 16 heavy (non-hydrogen) atoms. The molecule has 3 nitrogen and oxygen atoms in total. The van der Waals surface area contributed by atoms with Crippen molar-refractivity contribution in [1.29, 1.82) is 0 Å². The van der Waals surface area contributed by atoms with Gasteiger partial charge in [0, 0.05) is 24.6 Å².